The Hall–Kier alpha value is -6.61. The van der Waals surface area contributed by atoms with E-state index in [2.05, 4.69) is 103 Å². The van der Waals surface area contributed by atoms with Crippen molar-refractivity contribution in [3.05, 3.63) is 201 Å². The van der Waals surface area contributed by atoms with Crippen LogP contribution in [0.3, 0.4) is 0 Å². The van der Waals surface area contributed by atoms with Gasteiger partial charge in [0, 0.05) is 309 Å². The Morgan fingerprint density at radius 1 is 0.474 bits per heavy atom. The second kappa shape index (κ2) is 58.3. The molecule has 0 bridgehead atoms. The minimum atomic E-state index is -2.39. The standard InChI is InChI=1S/C16H15NO3.C12H16N4O6S.C12H16N4O4.C11H14N4O6S.C9H10N2O4.C4H10N2.CH5NO.3Ar.ClHO2S/c1-19-17-16(18)20-10-15-13-8-4-2-6-11(13)12-7-3-5-9-14(12)15;1-22-13-12(17)9-2-3-10(11(8-9)16(18)19)14-4-6-15(7-5-14)23(20)21;1-20-14-12(17)9-2-3-10(11(8-9)16(18)19)15-6-4-13-5-7-15;16-11(12-17)8-1-2-9(10(7-8)15(18)19)13-3-5-14(6-4-13)22(20)21;1-6-3-4-7(9(12)10-15-2)5-8(6)11(13)14;1-2-6-4-3-5-1;1-3-2;;;;1-4(2)3/h2-9,15H,10H2,1H3,(H,17,18);2-3,8H,4-7H2,1H3,(H,13,17)(H,20,21);2-3,8,13H,4-7H2,1H3,(H,14,17);1-2,7,17H,3-6H2,(H,12,16)(H,20,21);3-5H,1-2H3,(H,10,12);5-6H,1-4H2;2H2,1H3;;;;(H,2,3)/p-3. The number of benzene rings is 6. The number of nitrogens with one attached hydrogen (secondary N) is 8. The molecule has 6 aromatic rings. The van der Waals surface area contributed by atoms with Crippen molar-refractivity contribution >= 4 is 113 Å². The molecule has 51 heteroatoms. The number of hydrogen-bond acceptors (Lipinski definition) is 33. The van der Waals surface area contributed by atoms with Crippen LogP contribution in [0.25, 0.3) is 11.1 Å². The van der Waals surface area contributed by atoms with Gasteiger partial charge in [0.15, 0.2) is 0 Å². The van der Waals surface area contributed by atoms with Crippen molar-refractivity contribution in [1.82, 2.24) is 52.0 Å². The van der Waals surface area contributed by atoms with Gasteiger partial charge >= 0.3 is 6.09 Å². The van der Waals surface area contributed by atoms with Gasteiger partial charge in [-0.15, -0.1) is 0 Å². The van der Waals surface area contributed by atoms with E-state index in [0.29, 0.717) is 68.5 Å². The van der Waals surface area contributed by atoms with Gasteiger partial charge in [0.05, 0.1) is 55.2 Å². The van der Waals surface area contributed by atoms with Crippen LogP contribution >= 0.6 is 10.7 Å². The van der Waals surface area contributed by atoms with Crippen molar-refractivity contribution in [2.75, 3.05) is 162 Å². The topological polar surface area (TPSA) is 592 Å². The molecule has 11 N–H and O–H groups in total. The number of hydrogen-bond donors (Lipinski definition) is 10. The van der Waals surface area contributed by atoms with E-state index in [-0.39, 0.29) is 190 Å². The molecule has 5 amide bonds. The maximum absolute atomic E-state index is 11.7. The maximum atomic E-state index is 11.7. The summed E-state index contributed by atoms with van der Waals surface area (Å²) in [6.45, 7) is 11.6. The normalized spacial score (nSPS) is 14.5. The van der Waals surface area contributed by atoms with Crippen molar-refractivity contribution in [2.45, 2.75) is 12.8 Å². The molecular formula is C65H84Ar3ClN18O26S3-3. The van der Waals surface area contributed by atoms with Gasteiger partial charge in [0.1, 0.15) is 23.7 Å². The van der Waals surface area contributed by atoms with Crippen LogP contribution in [0.1, 0.15) is 64.0 Å². The molecule has 642 valence electrons. The minimum Gasteiger partial charge on any atom is -0.760 e. The van der Waals surface area contributed by atoms with Crippen LogP contribution < -0.4 is 63.9 Å². The number of nitrogens with two attached hydrogens (primary N) is 1. The second-order valence-corrected chi connectivity index (χ2v) is 26.1. The molecule has 5 aliphatic rings. The van der Waals surface area contributed by atoms with Crippen molar-refractivity contribution in [3.63, 3.8) is 0 Å². The Balaban J connectivity index is 0.000000695. The number of nitrogens with zero attached hydrogens (tertiary/aromatic N) is 9. The molecule has 0 radical (unpaired) electrons. The monoisotopic (exact) mass is 1780 g/mol. The van der Waals surface area contributed by atoms with E-state index in [1.807, 2.05) is 29.2 Å². The first-order valence-corrected chi connectivity index (χ1v) is 37.2. The summed E-state index contributed by atoms with van der Waals surface area (Å²) < 4.78 is 68.7. The molecule has 4 fully saturated rings. The van der Waals surface area contributed by atoms with Gasteiger partial charge in [-0.2, -0.15) is 5.48 Å². The van der Waals surface area contributed by atoms with Gasteiger partial charge in [-0.3, -0.25) is 96.8 Å². The molecule has 3 unspecified atom stereocenters. The molecule has 116 heavy (non-hydrogen) atoms. The number of anilines is 3. The molecule has 1 aliphatic carbocycles. The number of aryl methyl sites for hydroxylation is 1. The van der Waals surface area contributed by atoms with E-state index in [1.165, 1.54) is 126 Å². The fraction of sp³-hybridized carbons (Fsp3) is 0.369. The molecule has 4 saturated heterocycles. The molecule has 4 heterocycles. The molecule has 3 atom stereocenters. The number of nitro groups is 4. The predicted octanol–water partition coefficient (Wildman–Crippen LogP) is 2.71. The quantitative estimate of drug-likeness (QED) is 0.0183. The number of hydroxylamine groups is 5. The number of halogens is 1. The molecule has 6 aromatic carbocycles. The minimum absolute atomic E-state index is 0. The fourth-order valence-corrected chi connectivity index (χ4v) is 12.0. The summed E-state index contributed by atoms with van der Waals surface area (Å²) in [4.78, 5) is 126. The van der Waals surface area contributed by atoms with Crippen LogP contribution in [-0.4, -0.2) is 236 Å². The number of amides is 5. The van der Waals surface area contributed by atoms with E-state index in [1.54, 1.807) is 28.9 Å². The van der Waals surface area contributed by atoms with Gasteiger partial charge in [-0.25, -0.2) is 41.2 Å². The van der Waals surface area contributed by atoms with Gasteiger partial charge in [0.25, 0.3) is 46.4 Å². The fourth-order valence-electron chi connectivity index (χ4n) is 11.1. The van der Waals surface area contributed by atoms with Crippen molar-refractivity contribution in [1.29, 1.82) is 0 Å². The first-order valence-electron chi connectivity index (χ1n) is 33.3. The summed E-state index contributed by atoms with van der Waals surface area (Å²) in [6, 6.07) is 33.0. The van der Waals surface area contributed by atoms with Crippen LogP contribution in [0.4, 0.5) is 44.6 Å². The molecule has 0 spiro atoms. The summed E-state index contributed by atoms with van der Waals surface area (Å²) in [5, 5.41) is 62.5. The molecule has 4 aliphatic heterocycles. The third-order valence-electron chi connectivity index (χ3n) is 16.2. The van der Waals surface area contributed by atoms with E-state index >= 15 is 0 Å². The van der Waals surface area contributed by atoms with E-state index in [9.17, 15) is 82.0 Å². The Bertz CT molecular complexity index is 4200. The number of nitro benzene ring substituents is 4. The number of rotatable bonds is 19. The summed E-state index contributed by atoms with van der Waals surface area (Å²) >= 11 is -4.60. The third-order valence-corrected chi connectivity index (χ3v) is 17.8. The second-order valence-electron chi connectivity index (χ2n) is 23.1. The Morgan fingerprint density at radius 2 is 0.767 bits per heavy atom. The summed E-state index contributed by atoms with van der Waals surface area (Å²) in [6.07, 6.45) is -0.575. The number of ether oxygens (including phenoxy) is 1. The Labute approximate surface area is 766 Å². The van der Waals surface area contributed by atoms with E-state index in [4.69, 9.17) is 18.7 Å². The van der Waals surface area contributed by atoms with E-state index < -0.39 is 82.2 Å². The zero-order chi connectivity index (χ0) is 83.7. The molecular weight excluding hydrogens is 1700 g/mol. The van der Waals surface area contributed by atoms with Gasteiger partial charge < -0.3 is 53.9 Å². The van der Waals surface area contributed by atoms with Gasteiger partial charge in [-0.1, -0.05) is 54.6 Å². The molecule has 44 nitrogen and oxygen atoms in total. The first kappa shape index (κ1) is 107. The Kier molecular flexibility index (Phi) is 54.0. The predicted molar refractivity (Wildman–Crippen MR) is 407 cm³/mol. The van der Waals surface area contributed by atoms with Crippen LogP contribution in [0.2, 0.25) is 0 Å². The zero-order valence-electron chi connectivity index (χ0n) is 62.6. The van der Waals surface area contributed by atoms with Crippen molar-refractivity contribution in [3.8, 4) is 11.1 Å². The van der Waals surface area contributed by atoms with Crippen molar-refractivity contribution < 1.29 is 217 Å². The summed E-state index contributed by atoms with van der Waals surface area (Å²) in [7, 11) is 8.44. The zero-order valence-corrected chi connectivity index (χ0v) is 67.9. The van der Waals surface area contributed by atoms with Crippen LogP contribution in [0, 0.1) is 161 Å². The first-order chi connectivity index (χ1) is 54.0. The van der Waals surface area contributed by atoms with Gasteiger partial charge in [0.2, 0.25) is 0 Å². The van der Waals surface area contributed by atoms with Crippen LogP contribution in [-0.2, 0) is 61.8 Å². The summed E-state index contributed by atoms with van der Waals surface area (Å²) in [5.74, 6) is 1.96. The maximum Gasteiger partial charge on any atom is 0.431 e. The van der Waals surface area contributed by atoms with Gasteiger partial charge in [-0.05, 0) is 82.3 Å². The molecule has 11 rings (SSSR count). The average molecular weight is 1780 g/mol. The Morgan fingerprint density at radius 3 is 1.07 bits per heavy atom. The van der Waals surface area contributed by atoms with Crippen molar-refractivity contribution in [2.24, 2.45) is 5.90 Å². The number of carbonyl (C=O) groups is 5. The average Bonchev–Trinajstić information content (AvgIpc) is 1.61. The molecule has 0 aromatic heterocycles. The SMILES string of the molecule is C1CNCCN1.CON.CONC(=O)OCC1c2ccccc2-c2ccccc21.CONC(=O)c1ccc(C)c([N+](=O)[O-])c1.CONC(=O)c1ccc(N2CCN(S(=O)[O-])CC2)c([N+](=O)[O-])c1.CONC(=O)c1ccc(N2CCNCC2)c([N+](=O)[O-])c1.O=C(NO)c1ccc(N2CCN(S(=O)[O-])CC2)c([N+](=O)[O-])c1.O=S([O-])Cl.[Ar].[Ar].[Ar]. The van der Waals surface area contributed by atoms with Crippen LogP contribution in [0.5, 0.6) is 0 Å². The van der Waals surface area contributed by atoms with Crippen LogP contribution in [0.15, 0.2) is 121 Å². The third kappa shape index (κ3) is 35.8. The smallest absolute Gasteiger partial charge is 0.431 e. The number of fused-ring (bicyclic) bond motifs is 3. The number of piperazine rings is 4. The number of carbonyl (C=O) groups excluding carboxylic acids is 5. The largest absolute Gasteiger partial charge is 0.760 e. The molecule has 0 saturated carbocycles. The summed E-state index contributed by atoms with van der Waals surface area (Å²) in [5.41, 5.74) is 16.2. The van der Waals surface area contributed by atoms with E-state index in [0.717, 1.165) is 45.3 Å².